The van der Waals surface area contributed by atoms with Gasteiger partial charge in [0.2, 0.25) is 11.8 Å². The number of nitrogens with one attached hydrogen (secondary N) is 1. The van der Waals surface area contributed by atoms with Crippen molar-refractivity contribution in [2.75, 3.05) is 11.1 Å². The van der Waals surface area contributed by atoms with Crippen LogP contribution in [0.15, 0.2) is 111 Å². The molecule has 0 saturated heterocycles. The molecule has 0 bridgehead atoms. The highest BCUT2D eigenvalue weighted by Gasteiger charge is 2.13. The molecule has 41 heavy (non-hydrogen) atoms. The second kappa shape index (κ2) is 10.8. The number of nitrogens with two attached hydrogens (primary N) is 1. The standard InChI is InChI=1S/C18H13N3O3.C14H12N2O/c1-11-10-12(19-17(22)15-8-9-23-21-15)6-7-13(11)18-20-14-4-2-3-5-16(14)24-18;1-9-8-10(15)6-7-11(9)14-16-12-4-2-3-5-13(12)17-14/h2-10H,1H3,(H,19,22);2-8H,15H2,1H3. The van der Waals surface area contributed by atoms with E-state index in [0.717, 1.165) is 50.1 Å². The maximum atomic E-state index is 12.0. The van der Waals surface area contributed by atoms with E-state index in [1.165, 1.54) is 12.3 Å². The number of benzene rings is 4. The predicted octanol–water partition coefficient (Wildman–Crippen LogP) is 7.43. The number of nitrogens with zero attached hydrogens (tertiary/aromatic N) is 3. The second-order valence-electron chi connectivity index (χ2n) is 9.42. The largest absolute Gasteiger partial charge is 0.436 e. The molecule has 0 radical (unpaired) electrons. The lowest BCUT2D eigenvalue weighted by atomic mass is 10.1. The van der Waals surface area contributed by atoms with Gasteiger partial charge in [0.05, 0.1) is 0 Å². The number of anilines is 2. The molecule has 0 aliphatic rings. The minimum absolute atomic E-state index is 0.232. The Morgan fingerprint density at radius 3 is 1.85 bits per heavy atom. The number of para-hydroxylation sites is 4. The van der Waals surface area contributed by atoms with E-state index in [1.54, 1.807) is 6.07 Å². The monoisotopic (exact) mass is 543 g/mol. The van der Waals surface area contributed by atoms with E-state index in [0.29, 0.717) is 17.5 Å². The number of hydrogen-bond donors (Lipinski definition) is 2. The van der Waals surface area contributed by atoms with Gasteiger partial charge in [-0.1, -0.05) is 29.4 Å². The number of fused-ring (bicyclic) bond motifs is 2. The van der Waals surface area contributed by atoms with E-state index in [1.807, 2.05) is 92.7 Å². The number of oxazole rings is 2. The zero-order valence-electron chi connectivity index (χ0n) is 22.3. The molecule has 0 aliphatic heterocycles. The first-order valence-electron chi connectivity index (χ1n) is 12.8. The summed E-state index contributed by atoms with van der Waals surface area (Å²) in [4.78, 5) is 21.0. The molecule has 3 N–H and O–H groups in total. The number of hydrogen-bond acceptors (Lipinski definition) is 8. The molecule has 202 valence electrons. The van der Waals surface area contributed by atoms with Gasteiger partial charge in [-0.2, -0.15) is 0 Å². The van der Waals surface area contributed by atoms with E-state index < -0.39 is 0 Å². The van der Waals surface area contributed by atoms with Crippen LogP contribution in [0.4, 0.5) is 11.4 Å². The summed E-state index contributed by atoms with van der Waals surface area (Å²) >= 11 is 0. The highest BCUT2D eigenvalue weighted by molar-refractivity contribution is 6.02. The summed E-state index contributed by atoms with van der Waals surface area (Å²) in [6.07, 6.45) is 1.36. The first-order valence-corrected chi connectivity index (χ1v) is 12.8. The maximum absolute atomic E-state index is 12.0. The van der Waals surface area contributed by atoms with Crippen LogP contribution in [0.25, 0.3) is 45.1 Å². The summed E-state index contributed by atoms with van der Waals surface area (Å²) < 4.78 is 16.2. The fourth-order valence-corrected chi connectivity index (χ4v) is 4.41. The van der Waals surface area contributed by atoms with Gasteiger partial charge < -0.3 is 24.4 Å². The summed E-state index contributed by atoms with van der Waals surface area (Å²) in [5.41, 5.74) is 14.5. The van der Waals surface area contributed by atoms with Gasteiger partial charge >= 0.3 is 0 Å². The number of aryl methyl sites for hydroxylation is 2. The molecule has 3 aromatic heterocycles. The molecule has 1 amide bonds. The molecule has 0 saturated carbocycles. The molecule has 9 nitrogen and oxygen atoms in total. The number of aromatic nitrogens is 3. The van der Waals surface area contributed by atoms with Crippen molar-refractivity contribution in [1.82, 2.24) is 15.1 Å². The van der Waals surface area contributed by atoms with Crippen molar-refractivity contribution in [3.63, 3.8) is 0 Å². The summed E-state index contributed by atoms with van der Waals surface area (Å²) in [5.74, 6) is 0.879. The van der Waals surface area contributed by atoms with Gasteiger partial charge in [-0.15, -0.1) is 0 Å². The fourth-order valence-electron chi connectivity index (χ4n) is 4.41. The Morgan fingerprint density at radius 1 is 0.732 bits per heavy atom. The fraction of sp³-hybridized carbons (Fsp3) is 0.0625. The Kier molecular flexibility index (Phi) is 6.75. The number of carbonyl (C=O) groups is 1. The smallest absolute Gasteiger partial charge is 0.277 e. The Labute approximate surface area is 234 Å². The predicted molar refractivity (Wildman–Crippen MR) is 157 cm³/mol. The van der Waals surface area contributed by atoms with Crippen LogP contribution in [0.3, 0.4) is 0 Å². The number of nitrogen functional groups attached to an aromatic ring is 1. The quantitative estimate of drug-likeness (QED) is 0.219. The number of amides is 1. The van der Waals surface area contributed by atoms with Crippen LogP contribution in [0.1, 0.15) is 21.6 Å². The normalized spacial score (nSPS) is 10.9. The van der Waals surface area contributed by atoms with Crippen LogP contribution in [-0.4, -0.2) is 21.0 Å². The van der Waals surface area contributed by atoms with Gasteiger partial charge in [-0.25, -0.2) is 9.97 Å². The van der Waals surface area contributed by atoms with Crippen molar-refractivity contribution >= 4 is 39.5 Å². The van der Waals surface area contributed by atoms with E-state index in [2.05, 4.69) is 25.0 Å². The third kappa shape index (κ3) is 5.41. The maximum Gasteiger partial charge on any atom is 0.277 e. The van der Waals surface area contributed by atoms with Crippen LogP contribution in [-0.2, 0) is 0 Å². The van der Waals surface area contributed by atoms with Crippen molar-refractivity contribution in [1.29, 1.82) is 0 Å². The highest BCUT2D eigenvalue weighted by atomic mass is 16.5. The average Bonchev–Trinajstić information content (AvgIpc) is 3.73. The highest BCUT2D eigenvalue weighted by Crippen LogP contribution is 2.29. The Morgan fingerprint density at radius 2 is 1.32 bits per heavy atom. The van der Waals surface area contributed by atoms with Crippen LogP contribution in [0, 0.1) is 13.8 Å². The summed E-state index contributed by atoms with van der Waals surface area (Å²) in [6, 6.07) is 28.1. The zero-order valence-corrected chi connectivity index (χ0v) is 22.3. The third-order valence-corrected chi connectivity index (χ3v) is 6.45. The molecular weight excluding hydrogens is 518 g/mol. The molecule has 7 rings (SSSR count). The molecule has 4 aromatic carbocycles. The molecule has 0 spiro atoms. The van der Waals surface area contributed by atoms with Crippen molar-refractivity contribution in [3.05, 3.63) is 114 Å². The summed E-state index contributed by atoms with van der Waals surface area (Å²) in [6.45, 7) is 3.94. The van der Waals surface area contributed by atoms with Crippen LogP contribution < -0.4 is 11.1 Å². The van der Waals surface area contributed by atoms with Gasteiger partial charge in [0, 0.05) is 28.6 Å². The minimum atomic E-state index is -0.322. The second-order valence-corrected chi connectivity index (χ2v) is 9.42. The lowest BCUT2D eigenvalue weighted by Crippen LogP contribution is -2.12. The van der Waals surface area contributed by atoms with E-state index in [9.17, 15) is 4.79 Å². The third-order valence-electron chi connectivity index (χ3n) is 6.45. The first kappa shape index (κ1) is 25.6. The Bertz CT molecular complexity index is 1920. The van der Waals surface area contributed by atoms with Crippen molar-refractivity contribution in [2.45, 2.75) is 13.8 Å². The van der Waals surface area contributed by atoms with Gasteiger partial charge in [0.25, 0.3) is 5.91 Å². The van der Waals surface area contributed by atoms with E-state index in [-0.39, 0.29) is 11.6 Å². The molecule has 0 unspecified atom stereocenters. The molecule has 9 heteroatoms. The topological polar surface area (TPSA) is 133 Å². The van der Waals surface area contributed by atoms with Gasteiger partial charge in [-0.3, -0.25) is 4.79 Å². The molecule has 7 aromatic rings. The Hall–Kier alpha value is -5.70. The molecule has 0 aliphatic carbocycles. The molecule has 0 atom stereocenters. The lowest BCUT2D eigenvalue weighted by Gasteiger charge is -2.07. The first-order chi connectivity index (χ1) is 19.9. The average molecular weight is 544 g/mol. The van der Waals surface area contributed by atoms with Crippen molar-refractivity contribution < 1.29 is 18.2 Å². The van der Waals surface area contributed by atoms with E-state index in [4.69, 9.17) is 14.6 Å². The number of rotatable bonds is 4. The molecule has 3 heterocycles. The van der Waals surface area contributed by atoms with E-state index >= 15 is 0 Å². The summed E-state index contributed by atoms with van der Waals surface area (Å²) in [5, 5.41) is 6.39. The minimum Gasteiger partial charge on any atom is -0.436 e. The summed E-state index contributed by atoms with van der Waals surface area (Å²) in [7, 11) is 0. The van der Waals surface area contributed by atoms with Gasteiger partial charge in [0.15, 0.2) is 16.9 Å². The van der Waals surface area contributed by atoms with Gasteiger partial charge in [-0.05, 0) is 85.6 Å². The van der Waals surface area contributed by atoms with Crippen molar-refractivity contribution in [2.24, 2.45) is 0 Å². The molecular formula is C32H25N5O4. The van der Waals surface area contributed by atoms with Gasteiger partial charge in [0.1, 0.15) is 17.3 Å². The van der Waals surface area contributed by atoms with Crippen LogP contribution >= 0.6 is 0 Å². The SMILES string of the molecule is Cc1cc(N)ccc1-c1nc2ccccc2o1.Cc1cc(NC(=O)c2ccon2)ccc1-c1nc2ccccc2o1. The van der Waals surface area contributed by atoms with Crippen LogP contribution in [0.2, 0.25) is 0 Å². The number of carbonyl (C=O) groups excluding carboxylic acids is 1. The lowest BCUT2D eigenvalue weighted by molar-refractivity contribution is 0.101. The van der Waals surface area contributed by atoms with Crippen LogP contribution in [0.5, 0.6) is 0 Å². The van der Waals surface area contributed by atoms with Crippen molar-refractivity contribution in [3.8, 4) is 22.9 Å². The zero-order chi connectivity index (χ0) is 28.3. The molecule has 0 fully saturated rings. The Balaban J connectivity index is 0.000000156.